The topological polar surface area (TPSA) is 15.3 Å². The Morgan fingerprint density at radius 2 is 1.90 bits per heavy atom. The first kappa shape index (κ1) is 12.8. The standard InChI is InChI=1S/C18H26N2/c1-3-14-5-8-17(13-16(14)4-1)18(15-6-7-15)20-11-2-9-19-10-12-20/h5,8,13,15,18-19H,1-4,6-7,9-12H2. The van der Waals surface area contributed by atoms with Gasteiger partial charge in [0.05, 0.1) is 0 Å². The van der Waals surface area contributed by atoms with Crippen LogP contribution in [-0.2, 0) is 12.8 Å². The summed E-state index contributed by atoms with van der Waals surface area (Å²) in [4.78, 5) is 2.76. The molecule has 2 heteroatoms. The Bertz CT molecular complexity index is 470. The summed E-state index contributed by atoms with van der Waals surface area (Å²) in [7, 11) is 0. The van der Waals surface area contributed by atoms with Crippen LogP contribution < -0.4 is 5.32 Å². The first-order valence-electron chi connectivity index (χ1n) is 8.48. The molecule has 0 amide bonds. The highest BCUT2D eigenvalue weighted by molar-refractivity contribution is 5.37. The number of hydrogen-bond donors (Lipinski definition) is 1. The minimum absolute atomic E-state index is 0.695. The van der Waals surface area contributed by atoms with Crippen molar-refractivity contribution in [2.45, 2.75) is 44.6 Å². The molecule has 0 aromatic heterocycles. The Kier molecular flexibility index (Phi) is 3.53. The molecule has 0 radical (unpaired) electrons. The molecule has 1 unspecified atom stereocenters. The van der Waals surface area contributed by atoms with Crippen molar-refractivity contribution in [2.75, 3.05) is 26.2 Å². The third-order valence-corrected chi connectivity index (χ3v) is 5.30. The lowest BCUT2D eigenvalue weighted by Gasteiger charge is -2.31. The Hall–Kier alpha value is -0.860. The molecule has 3 aliphatic rings. The molecule has 0 spiro atoms. The number of benzene rings is 1. The van der Waals surface area contributed by atoms with Crippen LogP contribution >= 0.6 is 0 Å². The summed E-state index contributed by atoms with van der Waals surface area (Å²) in [6, 6.07) is 8.10. The Balaban J connectivity index is 1.61. The molecule has 1 atom stereocenters. The van der Waals surface area contributed by atoms with Crippen LogP contribution in [0, 0.1) is 5.92 Å². The van der Waals surface area contributed by atoms with Crippen LogP contribution in [0.15, 0.2) is 18.2 Å². The molecular weight excluding hydrogens is 244 g/mol. The van der Waals surface area contributed by atoms with Gasteiger partial charge in [-0.3, -0.25) is 4.90 Å². The van der Waals surface area contributed by atoms with E-state index in [1.165, 1.54) is 58.2 Å². The lowest BCUT2D eigenvalue weighted by molar-refractivity contribution is 0.189. The second-order valence-electron chi connectivity index (χ2n) is 6.80. The predicted octanol–water partition coefficient (Wildman–Crippen LogP) is 2.92. The second kappa shape index (κ2) is 5.50. The molecule has 2 nitrogen and oxygen atoms in total. The summed E-state index contributed by atoms with van der Waals surface area (Å²) >= 11 is 0. The predicted molar refractivity (Wildman–Crippen MR) is 83.0 cm³/mol. The average molecular weight is 270 g/mol. The van der Waals surface area contributed by atoms with Gasteiger partial charge in [-0.1, -0.05) is 18.2 Å². The lowest BCUT2D eigenvalue weighted by atomic mass is 9.96. The fraction of sp³-hybridized carbons (Fsp3) is 0.667. The Morgan fingerprint density at radius 1 is 1.00 bits per heavy atom. The van der Waals surface area contributed by atoms with Crippen LogP contribution in [-0.4, -0.2) is 31.1 Å². The molecule has 0 bridgehead atoms. The number of hydrogen-bond acceptors (Lipinski definition) is 2. The van der Waals surface area contributed by atoms with Gasteiger partial charge in [-0.25, -0.2) is 0 Å². The highest BCUT2D eigenvalue weighted by Gasteiger charge is 2.36. The van der Waals surface area contributed by atoms with Crippen molar-refractivity contribution in [1.82, 2.24) is 10.2 Å². The van der Waals surface area contributed by atoms with Gasteiger partial charge in [0.15, 0.2) is 0 Å². The molecular formula is C18H26N2. The largest absolute Gasteiger partial charge is 0.315 e. The maximum Gasteiger partial charge on any atom is 0.0376 e. The van der Waals surface area contributed by atoms with Crippen LogP contribution in [0.25, 0.3) is 0 Å². The summed E-state index contributed by atoms with van der Waals surface area (Å²) < 4.78 is 0. The SMILES string of the molecule is c1cc2c(cc1C(C1CC1)N1CCCNCC1)CCC2. The van der Waals surface area contributed by atoms with Gasteiger partial charge < -0.3 is 5.32 Å². The molecule has 1 aromatic rings. The number of nitrogens with zero attached hydrogens (tertiary/aromatic N) is 1. The van der Waals surface area contributed by atoms with Crippen molar-refractivity contribution in [1.29, 1.82) is 0 Å². The molecule has 1 saturated carbocycles. The Morgan fingerprint density at radius 3 is 2.80 bits per heavy atom. The first-order valence-corrected chi connectivity index (χ1v) is 8.48. The number of nitrogens with one attached hydrogen (secondary N) is 1. The van der Waals surface area contributed by atoms with E-state index in [2.05, 4.69) is 28.4 Å². The molecule has 20 heavy (non-hydrogen) atoms. The van der Waals surface area contributed by atoms with E-state index in [9.17, 15) is 0 Å². The summed E-state index contributed by atoms with van der Waals surface area (Å²) in [5, 5.41) is 3.54. The molecule has 1 heterocycles. The molecule has 2 fully saturated rings. The van der Waals surface area contributed by atoms with E-state index in [1.54, 1.807) is 16.7 Å². The zero-order valence-electron chi connectivity index (χ0n) is 12.4. The smallest absolute Gasteiger partial charge is 0.0376 e. The summed E-state index contributed by atoms with van der Waals surface area (Å²) in [6.07, 6.45) is 8.14. The third kappa shape index (κ3) is 2.51. The van der Waals surface area contributed by atoms with E-state index in [4.69, 9.17) is 0 Å². The van der Waals surface area contributed by atoms with Crippen LogP contribution in [0.3, 0.4) is 0 Å². The maximum absolute atomic E-state index is 3.54. The van der Waals surface area contributed by atoms with Gasteiger partial charge in [0.2, 0.25) is 0 Å². The summed E-state index contributed by atoms with van der Waals surface area (Å²) in [6.45, 7) is 4.84. The van der Waals surface area contributed by atoms with Crippen LogP contribution in [0.5, 0.6) is 0 Å². The number of rotatable bonds is 3. The van der Waals surface area contributed by atoms with E-state index in [-0.39, 0.29) is 0 Å². The summed E-state index contributed by atoms with van der Waals surface area (Å²) in [5.74, 6) is 0.924. The minimum atomic E-state index is 0.695. The highest BCUT2D eigenvalue weighted by atomic mass is 15.2. The van der Waals surface area contributed by atoms with Crippen LogP contribution in [0.4, 0.5) is 0 Å². The van der Waals surface area contributed by atoms with Gasteiger partial charge in [0.25, 0.3) is 0 Å². The van der Waals surface area contributed by atoms with Crippen molar-refractivity contribution in [2.24, 2.45) is 5.92 Å². The van der Waals surface area contributed by atoms with Crippen LogP contribution in [0.2, 0.25) is 0 Å². The van der Waals surface area contributed by atoms with Crippen molar-refractivity contribution in [3.63, 3.8) is 0 Å². The number of aryl methyl sites for hydroxylation is 2. The van der Waals surface area contributed by atoms with E-state index >= 15 is 0 Å². The molecule has 4 rings (SSSR count). The normalized spacial score (nSPS) is 25.2. The van der Waals surface area contributed by atoms with Gasteiger partial charge in [-0.15, -0.1) is 0 Å². The van der Waals surface area contributed by atoms with E-state index < -0.39 is 0 Å². The summed E-state index contributed by atoms with van der Waals surface area (Å²) in [5.41, 5.74) is 4.86. The van der Waals surface area contributed by atoms with Gasteiger partial charge in [-0.2, -0.15) is 0 Å². The molecule has 1 aliphatic heterocycles. The minimum Gasteiger partial charge on any atom is -0.315 e. The molecule has 2 aliphatic carbocycles. The fourth-order valence-corrected chi connectivity index (χ4v) is 4.11. The van der Waals surface area contributed by atoms with Gasteiger partial charge in [0, 0.05) is 25.7 Å². The first-order chi connectivity index (χ1) is 9.92. The molecule has 1 saturated heterocycles. The van der Waals surface area contributed by atoms with E-state index in [0.717, 1.165) is 12.5 Å². The van der Waals surface area contributed by atoms with E-state index in [1.807, 2.05) is 0 Å². The monoisotopic (exact) mass is 270 g/mol. The molecule has 108 valence electrons. The second-order valence-corrected chi connectivity index (χ2v) is 6.80. The van der Waals surface area contributed by atoms with Crippen molar-refractivity contribution >= 4 is 0 Å². The molecule has 1 N–H and O–H groups in total. The zero-order chi connectivity index (χ0) is 13.4. The quantitative estimate of drug-likeness (QED) is 0.908. The van der Waals surface area contributed by atoms with Crippen LogP contribution in [0.1, 0.15) is 48.4 Å². The molecule has 1 aromatic carbocycles. The zero-order valence-corrected chi connectivity index (χ0v) is 12.4. The van der Waals surface area contributed by atoms with E-state index in [0.29, 0.717) is 6.04 Å². The van der Waals surface area contributed by atoms with Crippen molar-refractivity contribution in [3.8, 4) is 0 Å². The fourth-order valence-electron chi connectivity index (χ4n) is 4.11. The van der Waals surface area contributed by atoms with Gasteiger partial charge >= 0.3 is 0 Å². The highest BCUT2D eigenvalue weighted by Crippen LogP contribution is 2.45. The van der Waals surface area contributed by atoms with Gasteiger partial charge in [0.1, 0.15) is 0 Å². The van der Waals surface area contributed by atoms with Crippen molar-refractivity contribution < 1.29 is 0 Å². The lowest BCUT2D eigenvalue weighted by Crippen LogP contribution is -2.33. The Labute approximate surface area is 122 Å². The van der Waals surface area contributed by atoms with Gasteiger partial charge in [-0.05, 0) is 67.7 Å². The maximum atomic E-state index is 3.54. The van der Waals surface area contributed by atoms with Crippen molar-refractivity contribution in [3.05, 3.63) is 34.9 Å². The average Bonchev–Trinajstić information content (AvgIpc) is 3.23. The third-order valence-electron chi connectivity index (χ3n) is 5.30. The number of fused-ring (bicyclic) bond motifs is 1.